The van der Waals surface area contributed by atoms with Crippen molar-refractivity contribution < 1.29 is 33.6 Å². The van der Waals surface area contributed by atoms with Crippen LogP contribution in [0.25, 0.3) is 0 Å². The van der Waals surface area contributed by atoms with Crippen molar-refractivity contribution in [2.75, 3.05) is 43.1 Å². The van der Waals surface area contributed by atoms with Gasteiger partial charge < -0.3 is 33.9 Å². The van der Waals surface area contributed by atoms with Gasteiger partial charge in [0.25, 0.3) is 5.91 Å². The SMILES string of the molecule is COc1c(N2CCC(OC3CCC4(CC3)CN(C(=O)OC(C)(C)C)C4)CC2)ccc2c1CN(c1ccc(OCc3ccccc3)nc1O)C2=O. The van der Waals surface area contributed by atoms with Gasteiger partial charge in [0.1, 0.15) is 23.6 Å². The number of rotatable bonds is 8. The summed E-state index contributed by atoms with van der Waals surface area (Å²) in [6.07, 6.45) is 6.31. The minimum Gasteiger partial charge on any atom is -0.494 e. The molecule has 4 aliphatic rings. The maximum Gasteiger partial charge on any atom is 0.410 e. The Balaban J connectivity index is 0.919. The second kappa shape index (κ2) is 13.7. The van der Waals surface area contributed by atoms with Crippen molar-refractivity contribution >= 4 is 23.4 Å². The van der Waals surface area contributed by atoms with Crippen LogP contribution in [0.3, 0.4) is 0 Å². The summed E-state index contributed by atoms with van der Waals surface area (Å²) in [5.41, 5.74) is 3.39. The van der Waals surface area contributed by atoms with Gasteiger partial charge in [0, 0.05) is 48.8 Å². The van der Waals surface area contributed by atoms with Crippen molar-refractivity contribution in [3.8, 4) is 17.5 Å². The van der Waals surface area contributed by atoms with Gasteiger partial charge in [-0.3, -0.25) is 9.69 Å². The zero-order chi connectivity index (χ0) is 35.0. The molecule has 0 radical (unpaired) electrons. The summed E-state index contributed by atoms with van der Waals surface area (Å²) < 4.78 is 23.9. The summed E-state index contributed by atoms with van der Waals surface area (Å²) in [4.78, 5) is 35.9. The van der Waals surface area contributed by atoms with Crippen LogP contribution in [0.1, 0.15) is 80.8 Å². The van der Waals surface area contributed by atoms with E-state index in [9.17, 15) is 14.7 Å². The average molecular weight is 685 g/mol. The molecule has 0 bridgehead atoms. The van der Waals surface area contributed by atoms with Gasteiger partial charge in [-0.2, -0.15) is 4.98 Å². The van der Waals surface area contributed by atoms with E-state index in [0.29, 0.717) is 23.6 Å². The van der Waals surface area contributed by atoms with Crippen LogP contribution < -0.4 is 19.3 Å². The highest BCUT2D eigenvalue weighted by Crippen LogP contribution is 2.46. The molecule has 0 atom stereocenters. The van der Waals surface area contributed by atoms with Gasteiger partial charge in [0.05, 0.1) is 31.5 Å². The van der Waals surface area contributed by atoms with E-state index < -0.39 is 5.60 Å². The summed E-state index contributed by atoms with van der Waals surface area (Å²) in [5, 5.41) is 10.8. The predicted molar refractivity (Wildman–Crippen MR) is 189 cm³/mol. The number of methoxy groups -OCH3 is 1. The van der Waals surface area contributed by atoms with Crippen molar-refractivity contribution in [3.63, 3.8) is 0 Å². The smallest absolute Gasteiger partial charge is 0.410 e. The molecule has 11 nitrogen and oxygen atoms in total. The topological polar surface area (TPSA) is 114 Å². The Hall–Kier alpha value is -4.51. The number of piperidine rings is 1. The summed E-state index contributed by atoms with van der Waals surface area (Å²) in [5.74, 6) is 0.498. The first kappa shape index (κ1) is 34.0. The van der Waals surface area contributed by atoms with E-state index in [2.05, 4.69) is 9.88 Å². The number of hydrogen-bond donors (Lipinski definition) is 1. The molecule has 3 aromatic rings. The lowest BCUT2D eigenvalue weighted by molar-refractivity contribution is -0.0944. The first-order valence-corrected chi connectivity index (χ1v) is 17.8. The third-order valence-electron chi connectivity index (χ3n) is 10.5. The van der Waals surface area contributed by atoms with Gasteiger partial charge in [-0.05, 0) is 83.1 Å². The van der Waals surface area contributed by atoms with Crippen LogP contribution in [-0.4, -0.2) is 78.1 Å². The molecule has 2 aromatic carbocycles. The highest BCUT2D eigenvalue weighted by Gasteiger charge is 2.48. The van der Waals surface area contributed by atoms with Gasteiger partial charge in [-0.1, -0.05) is 30.3 Å². The molecule has 2 amide bonds. The summed E-state index contributed by atoms with van der Waals surface area (Å²) in [7, 11) is 1.64. The van der Waals surface area contributed by atoms with E-state index in [0.717, 1.165) is 81.5 Å². The lowest BCUT2D eigenvalue weighted by Gasteiger charge is -2.53. The van der Waals surface area contributed by atoms with Gasteiger partial charge in [-0.15, -0.1) is 0 Å². The zero-order valence-corrected chi connectivity index (χ0v) is 29.5. The number of anilines is 2. The maximum atomic E-state index is 13.5. The number of benzene rings is 2. The van der Waals surface area contributed by atoms with Crippen molar-refractivity contribution in [1.82, 2.24) is 9.88 Å². The van der Waals surface area contributed by atoms with Crippen molar-refractivity contribution in [1.29, 1.82) is 0 Å². The van der Waals surface area contributed by atoms with Gasteiger partial charge in [0.2, 0.25) is 11.8 Å². The van der Waals surface area contributed by atoms with Gasteiger partial charge in [0.15, 0.2) is 0 Å². The fourth-order valence-corrected chi connectivity index (χ4v) is 7.85. The number of hydrogen-bond acceptors (Lipinski definition) is 9. The zero-order valence-electron chi connectivity index (χ0n) is 29.5. The number of aromatic nitrogens is 1. The van der Waals surface area contributed by atoms with E-state index >= 15 is 0 Å². The Bertz CT molecular complexity index is 1700. The van der Waals surface area contributed by atoms with E-state index in [1.54, 1.807) is 19.2 Å². The average Bonchev–Trinajstić information content (AvgIpc) is 3.42. The molecule has 1 N–H and O–H groups in total. The molecule has 1 saturated carbocycles. The Labute approximate surface area is 294 Å². The van der Waals surface area contributed by atoms with Crippen molar-refractivity contribution in [2.45, 2.75) is 90.3 Å². The highest BCUT2D eigenvalue weighted by atomic mass is 16.6. The fraction of sp³-hybridized carbons (Fsp3) is 0.513. The molecule has 3 fully saturated rings. The van der Waals surface area contributed by atoms with Crippen molar-refractivity contribution in [3.05, 3.63) is 71.3 Å². The minimum atomic E-state index is -0.469. The largest absolute Gasteiger partial charge is 0.494 e. The first-order chi connectivity index (χ1) is 24.0. The van der Waals surface area contributed by atoms with E-state index in [1.165, 1.54) is 4.90 Å². The third kappa shape index (κ3) is 7.06. The second-order valence-electron chi connectivity index (χ2n) is 15.2. The molecule has 2 saturated heterocycles. The number of nitrogens with zero attached hydrogens (tertiary/aromatic N) is 4. The lowest BCUT2D eigenvalue weighted by atomic mass is 9.68. The van der Waals surface area contributed by atoms with Crippen LogP contribution in [0.15, 0.2) is 54.6 Å². The predicted octanol–water partition coefficient (Wildman–Crippen LogP) is 6.70. The summed E-state index contributed by atoms with van der Waals surface area (Å²) in [6, 6.07) is 16.9. The standard InChI is InChI=1S/C39H48N4O7/c1-38(2,3)50-37(46)42-24-39(25-42)18-14-27(15-19-39)49-28-16-20-41(21-17-28)31-11-10-29-30(34(31)47-4)22-43(36(29)45)32-12-13-33(40-35(32)44)48-23-26-8-6-5-7-9-26/h5-13,27-28H,14-25H2,1-4H3,(H,40,44). The second-order valence-corrected chi connectivity index (χ2v) is 15.2. The van der Waals surface area contributed by atoms with Crippen LogP contribution >= 0.6 is 0 Å². The van der Waals surface area contributed by atoms with Crippen molar-refractivity contribution in [2.24, 2.45) is 5.41 Å². The van der Waals surface area contributed by atoms with E-state index in [4.69, 9.17) is 18.9 Å². The number of ether oxygens (including phenoxy) is 4. The molecule has 3 aliphatic heterocycles. The number of carbonyl (C=O) groups is 2. The Morgan fingerprint density at radius 1 is 0.940 bits per heavy atom. The minimum absolute atomic E-state index is 0.204. The highest BCUT2D eigenvalue weighted by molar-refractivity contribution is 6.11. The number of likely N-dealkylation sites (tertiary alicyclic amines) is 1. The molecule has 50 heavy (non-hydrogen) atoms. The quantitative estimate of drug-likeness (QED) is 0.277. The number of amides is 2. The number of pyridine rings is 1. The van der Waals surface area contributed by atoms with Crippen LogP contribution in [0.5, 0.6) is 17.5 Å². The number of carbonyl (C=O) groups excluding carboxylic acids is 2. The Morgan fingerprint density at radius 3 is 2.28 bits per heavy atom. The normalized spacial score (nSPS) is 19.4. The van der Waals surface area contributed by atoms with Crippen LogP contribution in [0.4, 0.5) is 16.2 Å². The number of aromatic hydroxyl groups is 1. The molecule has 4 heterocycles. The van der Waals surface area contributed by atoms with E-state index in [-0.39, 0.29) is 47.9 Å². The Kier molecular flexibility index (Phi) is 9.28. The first-order valence-electron chi connectivity index (χ1n) is 17.8. The molecule has 1 aliphatic carbocycles. The van der Waals surface area contributed by atoms with E-state index in [1.807, 2.05) is 68.1 Å². The van der Waals surface area contributed by atoms with Gasteiger partial charge >= 0.3 is 6.09 Å². The fourth-order valence-electron chi connectivity index (χ4n) is 7.85. The molecule has 1 aromatic heterocycles. The molecule has 266 valence electrons. The molecule has 0 unspecified atom stereocenters. The molecule has 1 spiro atoms. The van der Waals surface area contributed by atoms with Crippen LogP contribution in [0, 0.1) is 5.41 Å². The maximum absolute atomic E-state index is 13.5. The Morgan fingerprint density at radius 2 is 1.62 bits per heavy atom. The number of fused-ring (bicyclic) bond motifs is 1. The molecule has 11 heteroatoms. The summed E-state index contributed by atoms with van der Waals surface area (Å²) in [6.45, 7) is 9.53. The van der Waals surface area contributed by atoms with Crippen LogP contribution in [0.2, 0.25) is 0 Å². The molecular weight excluding hydrogens is 636 g/mol. The third-order valence-corrected chi connectivity index (χ3v) is 10.5. The molecule has 7 rings (SSSR count). The summed E-state index contributed by atoms with van der Waals surface area (Å²) >= 11 is 0. The monoisotopic (exact) mass is 684 g/mol. The van der Waals surface area contributed by atoms with Crippen LogP contribution in [-0.2, 0) is 22.6 Å². The van der Waals surface area contributed by atoms with Gasteiger partial charge in [-0.25, -0.2) is 4.79 Å². The molecular formula is C39H48N4O7. The lowest BCUT2D eigenvalue weighted by Crippen LogP contribution is -2.60.